The van der Waals surface area contributed by atoms with Crippen LogP contribution in [0.25, 0.3) is 11.4 Å². The zero-order valence-corrected chi connectivity index (χ0v) is 14.1. The largest absolute Gasteiger partial charge is 0.352 e. The van der Waals surface area contributed by atoms with Crippen molar-refractivity contribution in [3.05, 3.63) is 97.5 Å². The normalized spacial score (nSPS) is 11.0. The van der Waals surface area contributed by atoms with Crippen molar-refractivity contribution < 1.29 is 0 Å². The Morgan fingerprint density at radius 1 is 0.920 bits per heavy atom. The van der Waals surface area contributed by atoms with Gasteiger partial charge in [0.05, 0.1) is 12.1 Å². The molecule has 4 rings (SSSR count). The van der Waals surface area contributed by atoms with E-state index in [-0.39, 0.29) is 12.1 Å². The van der Waals surface area contributed by atoms with E-state index in [1.54, 1.807) is 6.07 Å². The number of hydrogen-bond donors (Lipinski definition) is 0. The van der Waals surface area contributed by atoms with Crippen molar-refractivity contribution in [2.24, 2.45) is 0 Å². The molecule has 0 radical (unpaired) electrons. The lowest BCUT2D eigenvalue weighted by Crippen LogP contribution is -2.38. The third-order valence-electron chi connectivity index (χ3n) is 4.04. The molecule has 2 aliphatic heterocycles. The summed E-state index contributed by atoms with van der Waals surface area (Å²) in [7, 11) is 0. The molecule has 0 amide bonds. The molecule has 1 aromatic carbocycles. The average molecular weight is 349 g/mol. The van der Waals surface area contributed by atoms with Crippen LogP contribution in [0, 0.1) is 0 Å². The zero-order valence-electron chi connectivity index (χ0n) is 13.3. The van der Waals surface area contributed by atoms with Crippen LogP contribution < -0.4 is 11.2 Å². The van der Waals surface area contributed by atoms with Crippen molar-refractivity contribution in [2.45, 2.75) is 13.1 Å². The van der Waals surface area contributed by atoms with Crippen LogP contribution >= 0.6 is 11.3 Å². The first-order chi connectivity index (χ1) is 12.2. The van der Waals surface area contributed by atoms with Gasteiger partial charge in [-0.15, -0.1) is 11.3 Å². The van der Waals surface area contributed by atoms with E-state index in [0.29, 0.717) is 17.9 Å². The molecule has 0 saturated heterocycles. The molecule has 0 saturated carbocycles. The van der Waals surface area contributed by atoms with Crippen molar-refractivity contribution in [3.63, 3.8) is 0 Å². The van der Waals surface area contributed by atoms with E-state index in [2.05, 4.69) is 4.98 Å². The summed E-state index contributed by atoms with van der Waals surface area (Å²) in [6.45, 7) is 0.810. The summed E-state index contributed by atoms with van der Waals surface area (Å²) in [6, 6.07) is 17.2. The van der Waals surface area contributed by atoms with Crippen molar-refractivity contribution in [3.8, 4) is 11.4 Å². The van der Waals surface area contributed by atoms with Gasteiger partial charge in [0, 0.05) is 17.6 Å². The smallest absolute Gasteiger partial charge is 0.328 e. The number of hydrogen-bond acceptors (Lipinski definition) is 4. The second-order valence-electron chi connectivity index (χ2n) is 5.72. The fourth-order valence-electron chi connectivity index (χ4n) is 2.82. The molecule has 124 valence electrons. The van der Waals surface area contributed by atoms with E-state index in [0.717, 1.165) is 10.4 Å². The van der Waals surface area contributed by atoms with Crippen molar-refractivity contribution in [2.75, 3.05) is 0 Å². The number of nitrogens with zero attached hydrogens (tertiary/aromatic N) is 3. The van der Waals surface area contributed by atoms with Gasteiger partial charge in [-0.25, -0.2) is 4.79 Å². The average Bonchev–Trinajstić information content (AvgIpc) is 3.13. The van der Waals surface area contributed by atoms with Crippen LogP contribution in [0.4, 0.5) is 0 Å². The standard InChI is InChI=1S/C19H15N3O2S/c23-18-16-9-4-10-21(12-14-6-2-1-3-7-14)17(16)20-19(24)22(18)13-15-8-5-11-25-15/h1-11H,12-13H2. The molecule has 5 nitrogen and oxygen atoms in total. The zero-order chi connectivity index (χ0) is 17.2. The first kappa shape index (κ1) is 15.5. The molecule has 0 fully saturated rings. The van der Waals surface area contributed by atoms with Gasteiger partial charge in [0.25, 0.3) is 5.56 Å². The predicted molar refractivity (Wildman–Crippen MR) is 98.3 cm³/mol. The second-order valence-corrected chi connectivity index (χ2v) is 6.76. The fraction of sp³-hybridized carbons (Fsp3) is 0.105. The Morgan fingerprint density at radius 3 is 2.52 bits per heavy atom. The molecule has 25 heavy (non-hydrogen) atoms. The lowest BCUT2D eigenvalue weighted by molar-refractivity contribution is 0.684. The number of fused-ring (bicyclic) bond motifs is 1. The van der Waals surface area contributed by atoms with Crippen LogP contribution in [0.3, 0.4) is 0 Å². The fourth-order valence-corrected chi connectivity index (χ4v) is 3.52. The molecule has 6 heteroatoms. The molecular formula is C19H15N3O2S. The Balaban J connectivity index is 1.81. The Labute approximate surface area is 147 Å². The summed E-state index contributed by atoms with van der Waals surface area (Å²) in [5.41, 5.74) is 0.719. The maximum absolute atomic E-state index is 12.8. The van der Waals surface area contributed by atoms with Crippen molar-refractivity contribution in [1.82, 2.24) is 14.1 Å². The van der Waals surface area contributed by atoms with Crippen LogP contribution in [0.15, 0.2) is 75.8 Å². The minimum Gasteiger partial charge on any atom is -0.328 e. The van der Waals surface area contributed by atoms with Crippen molar-refractivity contribution >= 4 is 11.3 Å². The monoisotopic (exact) mass is 349 g/mol. The number of aromatic nitrogens is 3. The molecule has 0 bridgehead atoms. The number of rotatable bonds is 4. The van der Waals surface area contributed by atoms with Gasteiger partial charge in [-0.2, -0.15) is 4.98 Å². The molecule has 0 aliphatic carbocycles. The molecule has 2 aromatic rings. The van der Waals surface area contributed by atoms with Crippen LogP contribution in [0.1, 0.15) is 10.4 Å². The second kappa shape index (κ2) is 6.49. The lowest BCUT2D eigenvalue weighted by atomic mass is 10.2. The predicted octanol–water partition coefficient (Wildman–Crippen LogP) is 2.67. The van der Waals surface area contributed by atoms with Gasteiger partial charge in [0.1, 0.15) is 0 Å². The molecule has 0 N–H and O–H groups in total. The molecule has 0 spiro atoms. The Hall–Kier alpha value is -2.99. The highest BCUT2D eigenvalue weighted by Crippen LogP contribution is 2.16. The Kier molecular flexibility index (Phi) is 4.03. The summed E-state index contributed by atoms with van der Waals surface area (Å²) < 4.78 is 3.03. The molecular weight excluding hydrogens is 334 g/mol. The highest BCUT2D eigenvalue weighted by atomic mass is 32.1. The maximum Gasteiger partial charge on any atom is 0.352 e. The van der Waals surface area contributed by atoms with Crippen molar-refractivity contribution in [1.29, 1.82) is 0 Å². The van der Waals surface area contributed by atoms with Crippen LogP contribution in [0.2, 0.25) is 0 Å². The summed E-state index contributed by atoms with van der Waals surface area (Å²) in [5.74, 6) is 0.420. The third kappa shape index (κ3) is 3.04. The quantitative estimate of drug-likeness (QED) is 0.569. The van der Waals surface area contributed by atoms with E-state index in [9.17, 15) is 9.59 Å². The van der Waals surface area contributed by atoms with Crippen LogP contribution in [-0.4, -0.2) is 14.1 Å². The minimum atomic E-state index is -0.515. The van der Waals surface area contributed by atoms with Gasteiger partial charge in [-0.3, -0.25) is 9.36 Å². The van der Waals surface area contributed by atoms with E-state index in [4.69, 9.17) is 0 Å². The molecule has 2 aliphatic rings. The third-order valence-corrected chi connectivity index (χ3v) is 4.90. The summed E-state index contributed by atoms with van der Waals surface area (Å²) in [6.07, 6.45) is 1.84. The molecule has 3 heterocycles. The highest BCUT2D eigenvalue weighted by molar-refractivity contribution is 7.09. The number of pyridine rings is 1. The van der Waals surface area contributed by atoms with E-state index in [1.807, 2.05) is 64.7 Å². The van der Waals surface area contributed by atoms with Gasteiger partial charge in [-0.1, -0.05) is 36.4 Å². The maximum atomic E-state index is 12.8. The first-order valence-electron chi connectivity index (χ1n) is 7.89. The highest BCUT2D eigenvalue weighted by Gasteiger charge is 2.17. The molecule has 1 aromatic heterocycles. The van der Waals surface area contributed by atoms with E-state index in [1.165, 1.54) is 15.9 Å². The Bertz CT molecular complexity index is 1080. The van der Waals surface area contributed by atoms with E-state index < -0.39 is 5.69 Å². The van der Waals surface area contributed by atoms with Crippen LogP contribution in [-0.2, 0) is 13.1 Å². The van der Waals surface area contributed by atoms with E-state index >= 15 is 0 Å². The SMILES string of the molecule is O=c1nc2n(Cc3ccccc3)cccc-2c(=O)n1Cc1cccs1. The number of thiophene rings is 1. The van der Waals surface area contributed by atoms with Gasteiger partial charge < -0.3 is 4.57 Å². The molecule has 0 atom stereocenters. The Morgan fingerprint density at radius 2 is 1.76 bits per heavy atom. The minimum absolute atomic E-state index is 0.256. The molecule has 0 unspecified atom stereocenters. The van der Waals surface area contributed by atoms with Gasteiger partial charge >= 0.3 is 5.69 Å². The van der Waals surface area contributed by atoms with Crippen LogP contribution in [0.5, 0.6) is 0 Å². The first-order valence-corrected chi connectivity index (χ1v) is 8.76. The topological polar surface area (TPSA) is 56.9 Å². The lowest BCUT2D eigenvalue weighted by Gasteiger charge is -2.15. The van der Waals surface area contributed by atoms with Gasteiger partial charge in [0.15, 0.2) is 5.82 Å². The van der Waals surface area contributed by atoms with Gasteiger partial charge in [0.2, 0.25) is 0 Å². The summed E-state index contributed by atoms with van der Waals surface area (Å²) >= 11 is 1.51. The van der Waals surface area contributed by atoms with Gasteiger partial charge in [-0.05, 0) is 29.1 Å². The summed E-state index contributed by atoms with van der Waals surface area (Å²) in [5, 5.41) is 1.92. The number of benzene rings is 1. The summed E-state index contributed by atoms with van der Waals surface area (Å²) in [4.78, 5) is 30.4.